The lowest BCUT2D eigenvalue weighted by atomic mass is 9.97. The van der Waals surface area contributed by atoms with Gasteiger partial charge in [-0.1, -0.05) is 42.0 Å². The van der Waals surface area contributed by atoms with E-state index >= 15 is 0 Å². The maximum atomic E-state index is 10.8. The molecule has 0 aliphatic heterocycles. The lowest BCUT2D eigenvalue weighted by molar-refractivity contribution is -0.107. The molecule has 0 amide bonds. The molecule has 3 nitrogen and oxygen atoms in total. The predicted octanol–water partition coefficient (Wildman–Crippen LogP) is 4.46. The van der Waals surface area contributed by atoms with Crippen molar-refractivity contribution in [2.75, 3.05) is 0 Å². The summed E-state index contributed by atoms with van der Waals surface area (Å²) in [6.07, 6.45) is 2.21. The topological polar surface area (TPSA) is 42.9 Å². The molecule has 0 fully saturated rings. The zero-order chi connectivity index (χ0) is 17.1. The summed E-state index contributed by atoms with van der Waals surface area (Å²) in [7, 11) is 0. The Balaban J connectivity index is 1.83. The van der Waals surface area contributed by atoms with Crippen molar-refractivity contribution in [1.29, 1.82) is 0 Å². The van der Waals surface area contributed by atoms with Crippen molar-refractivity contribution in [3.63, 3.8) is 0 Å². The molecule has 3 rings (SSSR count). The molecule has 0 aliphatic carbocycles. The van der Waals surface area contributed by atoms with E-state index in [9.17, 15) is 4.79 Å². The van der Waals surface area contributed by atoms with E-state index in [0.717, 1.165) is 40.2 Å². The molecule has 0 bridgehead atoms. The average molecular weight is 336 g/mol. The predicted molar refractivity (Wildman–Crippen MR) is 98.6 cm³/mol. The van der Waals surface area contributed by atoms with Crippen molar-refractivity contribution in [2.24, 2.45) is 0 Å². The van der Waals surface area contributed by atoms with E-state index in [2.05, 4.69) is 66.5 Å². The molecule has 0 aliphatic rings. The van der Waals surface area contributed by atoms with Crippen LogP contribution in [0.5, 0.6) is 0 Å². The highest BCUT2D eigenvalue weighted by atomic mass is 32.1. The second kappa shape index (κ2) is 7.05. The molecular formula is C20H20N2OS. The van der Waals surface area contributed by atoms with Gasteiger partial charge in [0.1, 0.15) is 11.3 Å². The third-order valence-corrected chi connectivity index (χ3v) is 4.93. The van der Waals surface area contributed by atoms with Crippen LogP contribution in [0, 0.1) is 20.8 Å². The minimum atomic E-state index is 0.476. The van der Waals surface area contributed by atoms with E-state index in [4.69, 9.17) is 0 Å². The summed E-state index contributed by atoms with van der Waals surface area (Å²) < 4.78 is 4.50. The normalized spacial score (nSPS) is 10.8. The highest BCUT2D eigenvalue weighted by molar-refractivity contribution is 7.05. The van der Waals surface area contributed by atoms with Gasteiger partial charge in [0.05, 0.1) is 0 Å². The number of hydrogen-bond acceptors (Lipinski definition) is 4. The van der Waals surface area contributed by atoms with Crippen LogP contribution in [0.2, 0.25) is 0 Å². The van der Waals surface area contributed by atoms with Gasteiger partial charge < -0.3 is 4.79 Å². The molecule has 0 unspecified atom stereocenters. The summed E-state index contributed by atoms with van der Waals surface area (Å²) in [5.74, 6) is 0.793. The van der Waals surface area contributed by atoms with E-state index in [1.165, 1.54) is 28.2 Å². The second-order valence-electron chi connectivity index (χ2n) is 6.13. The molecule has 4 heteroatoms. The van der Waals surface area contributed by atoms with Gasteiger partial charge in [-0.2, -0.15) is 4.37 Å². The lowest BCUT2D eigenvalue weighted by Crippen LogP contribution is -1.98. The molecule has 1 heterocycles. The fraction of sp³-hybridized carbons (Fsp3) is 0.250. The third-order valence-electron chi connectivity index (χ3n) is 4.22. The number of nitrogens with zero attached hydrogens (tertiary/aromatic N) is 2. The minimum Gasteiger partial charge on any atom is -0.303 e. The molecular weight excluding hydrogens is 316 g/mol. The van der Waals surface area contributed by atoms with Crippen molar-refractivity contribution in [1.82, 2.24) is 9.36 Å². The number of aryl methyl sites for hydroxylation is 3. The third kappa shape index (κ3) is 3.60. The van der Waals surface area contributed by atoms with Gasteiger partial charge in [-0.05, 0) is 54.6 Å². The molecule has 0 N–H and O–H groups in total. The molecule has 0 radical (unpaired) electrons. The van der Waals surface area contributed by atoms with Crippen LogP contribution >= 0.6 is 11.5 Å². The van der Waals surface area contributed by atoms with Crippen LogP contribution in [-0.2, 0) is 17.6 Å². The van der Waals surface area contributed by atoms with Crippen molar-refractivity contribution in [3.05, 3.63) is 69.2 Å². The Morgan fingerprint density at radius 1 is 1.00 bits per heavy atom. The number of benzene rings is 2. The van der Waals surface area contributed by atoms with Gasteiger partial charge in [0, 0.05) is 18.4 Å². The quantitative estimate of drug-likeness (QED) is 0.646. The fourth-order valence-electron chi connectivity index (χ4n) is 2.75. The standard InChI is InChI=1S/C20H20N2OS/c1-13-4-6-16(7-5-13)20-21-19(24-22-20)12-18-11-14(2)17(8-9-23)10-15(18)3/h4-7,9-11H,8,12H2,1-3H3. The Morgan fingerprint density at radius 2 is 1.67 bits per heavy atom. The van der Waals surface area contributed by atoms with Crippen LogP contribution in [0.4, 0.5) is 0 Å². The van der Waals surface area contributed by atoms with Crippen LogP contribution < -0.4 is 0 Å². The number of carbonyl (C=O) groups excluding carboxylic acids is 1. The summed E-state index contributed by atoms with van der Waals surface area (Å²) >= 11 is 1.46. The maximum Gasteiger partial charge on any atom is 0.173 e. The van der Waals surface area contributed by atoms with Gasteiger partial charge in [-0.3, -0.25) is 0 Å². The number of hydrogen-bond donors (Lipinski definition) is 0. The largest absolute Gasteiger partial charge is 0.303 e. The fourth-order valence-corrected chi connectivity index (χ4v) is 3.43. The van der Waals surface area contributed by atoms with Crippen LogP contribution in [-0.4, -0.2) is 15.6 Å². The van der Waals surface area contributed by atoms with Gasteiger partial charge >= 0.3 is 0 Å². The average Bonchev–Trinajstić information content (AvgIpc) is 3.01. The van der Waals surface area contributed by atoms with E-state index in [-0.39, 0.29) is 0 Å². The molecule has 122 valence electrons. The summed E-state index contributed by atoms with van der Waals surface area (Å²) in [5.41, 5.74) is 6.99. The summed E-state index contributed by atoms with van der Waals surface area (Å²) in [5, 5.41) is 1.01. The first-order valence-corrected chi connectivity index (χ1v) is 8.76. The zero-order valence-corrected chi connectivity index (χ0v) is 15.0. The monoisotopic (exact) mass is 336 g/mol. The molecule has 2 aromatic carbocycles. The minimum absolute atomic E-state index is 0.476. The Morgan fingerprint density at radius 3 is 2.38 bits per heavy atom. The van der Waals surface area contributed by atoms with Gasteiger partial charge in [0.2, 0.25) is 0 Å². The summed E-state index contributed by atoms with van der Waals surface area (Å²) in [6.45, 7) is 6.22. The Labute approximate surface area is 146 Å². The molecule has 0 saturated carbocycles. The van der Waals surface area contributed by atoms with Crippen LogP contribution in [0.15, 0.2) is 36.4 Å². The highest BCUT2D eigenvalue weighted by Crippen LogP contribution is 2.23. The Kier molecular flexibility index (Phi) is 4.86. The van der Waals surface area contributed by atoms with Crippen LogP contribution in [0.3, 0.4) is 0 Å². The Hall–Kier alpha value is -2.33. The molecule has 0 spiro atoms. The van der Waals surface area contributed by atoms with Crippen molar-refractivity contribution >= 4 is 17.8 Å². The highest BCUT2D eigenvalue weighted by Gasteiger charge is 2.10. The van der Waals surface area contributed by atoms with Crippen LogP contribution in [0.1, 0.15) is 32.8 Å². The smallest absolute Gasteiger partial charge is 0.173 e. The molecule has 0 saturated heterocycles. The van der Waals surface area contributed by atoms with Crippen molar-refractivity contribution < 1.29 is 4.79 Å². The van der Waals surface area contributed by atoms with Crippen LogP contribution in [0.25, 0.3) is 11.4 Å². The van der Waals surface area contributed by atoms with Gasteiger partial charge in [-0.25, -0.2) is 4.98 Å². The Bertz CT molecular complexity index is 866. The molecule has 3 aromatic rings. The first-order valence-electron chi connectivity index (χ1n) is 7.99. The zero-order valence-electron chi connectivity index (χ0n) is 14.2. The van der Waals surface area contributed by atoms with E-state index in [0.29, 0.717) is 6.42 Å². The van der Waals surface area contributed by atoms with Crippen molar-refractivity contribution in [2.45, 2.75) is 33.6 Å². The van der Waals surface area contributed by atoms with Gasteiger partial charge in [0.25, 0.3) is 0 Å². The second-order valence-corrected chi connectivity index (χ2v) is 6.97. The van der Waals surface area contributed by atoms with Crippen molar-refractivity contribution in [3.8, 4) is 11.4 Å². The van der Waals surface area contributed by atoms with E-state index < -0.39 is 0 Å². The molecule has 24 heavy (non-hydrogen) atoms. The molecule has 0 atom stereocenters. The van der Waals surface area contributed by atoms with Gasteiger partial charge in [-0.15, -0.1) is 0 Å². The number of aromatic nitrogens is 2. The number of aldehydes is 1. The summed E-state index contributed by atoms with van der Waals surface area (Å²) in [4.78, 5) is 15.4. The van der Waals surface area contributed by atoms with E-state index in [1.807, 2.05) is 0 Å². The first kappa shape index (κ1) is 16.5. The first-order chi connectivity index (χ1) is 11.6. The SMILES string of the molecule is Cc1ccc(-c2nsc(Cc3cc(C)c(CC=O)cc3C)n2)cc1. The maximum absolute atomic E-state index is 10.8. The van der Waals surface area contributed by atoms with Gasteiger partial charge in [0.15, 0.2) is 5.82 Å². The lowest BCUT2D eigenvalue weighted by Gasteiger charge is -2.09. The number of rotatable bonds is 5. The van der Waals surface area contributed by atoms with E-state index in [1.54, 1.807) is 0 Å². The summed E-state index contributed by atoms with van der Waals surface area (Å²) in [6, 6.07) is 12.6. The molecule has 1 aromatic heterocycles. The number of carbonyl (C=O) groups is 1.